The Morgan fingerprint density at radius 3 is 3.50 bits per heavy atom. The van der Waals surface area contributed by atoms with Crippen molar-refractivity contribution in [3.63, 3.8) is 0 Å². The Morgan fingerprint density at radius 1 is 1.75 bits per heavy atom. The third kappa shape index (κ3) is 1.40. The minimum Gasteiger partial charge on any atom is -0.383 e. The quantitative estimate of drug-likeness (QED) is 0.751. The van der Waals surface area contributed by atoms with Crippen molar-refractivity contribution in [2.75, 3.05) is 20.3 Å². The first-order chi connectivity index (χ1) is 5.92. The zero-order chi connectivity index (χ0) is 8.39. The summed E-state index contributed by atoms with van der Waals surface area (Å²) in [7, 11) is 1.75. The van der Waals surface area contributed by atoms with E-state index in [2.05, 4.69) is 16.8 Å². The van der Waals surface area contributed by atoms with E-state index in [1.54, 1.807) is 7.11 Å². The van der Waals surface area contributed by atoms with Gasteiger partial charge in [0.2, 0.25) is 0 Å². The molecular weight excluding hydrogens is 170 g/mol. The fourth-order valence-corrected chi connectivity index (χ4v) is 2.59. The fraction of sp³-hybridized carbons (Fsp3) is 0.556. The van der Waals surface area contributed by atoms with Crippen molar-refractivity contribution in [3.8, 4) is 0 Å². The van der Waals surface area contributed by atoms with Gasteiger partial charge in [0.15, 0.2) is 0 Å². The molecule has 0 unspecified atom stereocenters. The summed E-state index contributed by atoms with van der Waals surface area (Å²) in [5, 5.41) is 5.61. The molecule has 0 saturated carbocycles. The smallest absolute Gasteiger partial charge is 0.0658 e. The summed E-state index contributed by atoms with van der Waals surface area (Å²) < 4.78 is 5.15. The number of thiophene rings is 1. The topological polar surface area (TPSA) is 21.3 Å². The standard InChI is InChI=1S/C9H13NOS/c1-11-6-8-7-3-5-12-9(7)2-4-10-8/h3,5,8,10H,2,4,6H2,1H3/t8-/m0/s1. The van der Waals surface area contributed by atoms with E-state index in [0.717, 1.165) is 13.2 Å². The lowest BCUT2D eigenvalue weighted by Crippen LogP contribution is -2.31. The highest BCUT2D eigenvalue weighted by Gasteiger charge is 2.19. The third-order valence-electron chi connectivity index (χ3n) is 2.23. The van der Waals surface area contributed by atoms with Crippen LogP contribution in [0, 0.1) is 0 Å². The summed E-state index contributed by atoms with van der Waals surface area (Å²) in [4.78, 5) is 1.52. The van der Waals surface area contributed by atoms with Crippen LogP contribution in [0.3, 0.4) is 0 Å². The molecule has 0 aliphatic carbocycles. The van der Waals surface area contributed by atoms with Gasteiger partial charge in [0, 0.05) is 18.5 Å². The molecule has 0 spiro atoms. The number of hydrogen-bond donors (Lipinski definition) is 1. The fourth-order valence-electron chi connectivity index (χ4n) is 1.65. The predicted octanol–water partition coefficient (Wildman–Crippen LogP) is 1.58. The first-order valence-corrected chi connectivity index (χ1v) is 5.08. The molecule has 0 aromatic carbocycles. The number of ether oxygens (including phenoxy) is 1. The molecule has 1 aliphatic rings. The average molecular weight is 183 g/mol. The zero-order valence-electron chi connectivity index (χ0n) is 7.17. The van der Waals surface area contributed by atoms with Crippen molar-refractivity contribution in [2.45, 2.75) is 12.5 Å². The van der Waals surface area contributed by atoms with Gasteiger partial charge in [0.25, 0.3) is 0 Å². The van der Waals surface area contributed by atoms with E-state index in [1.165, 1.54) is 16.9 Å². The first kappa shape index (κ1) is 8.23. The largest absolute Gasteiger partial charge is 0.383 e. The van der Waals surface area contributed by atoms with Gasteiger partial charge in [-0.3, -0.25) is 0 Å². The Balaban J connectivity index is 2.19. The molecule has 1 aromatic heterocycles. The van der Waals surface area contributed by atoms with Gasteiger partial charge in [-0.25, -0.2) is 0 Å². The number of fused-ring (bicyclic) bond motifs is 1. The van der Waals surface area contributed by atoms with Crippen molar-refractivity contribution in [1.29, 1.82) is 0 Å². The van der Waals surface area contributed by atoms with Gasteiger partial charge in [-0.05, 0) is 23.4 Å². The monoisotopic (exact) mass is 183 g/mol. The maximum atomic E-state index is 5.15. The number of rotatable bonds is 2. The molecule has 2 rings (SSSR count). The third-order valence-corrected chi connectivity index (χ3v) is 3.23. The van der Waals surface area contributed by atoms with Crippen LogP contribution in [0.1, 0.15) is 16.5 Å². The molecule has 1 atom stereocenters. The van der Waals surface area contributed by atoms with Gasteiger partial charge in [0.1, 0.15) is 0 Å². The summed E-state index contributed by atoms with van der Waals surface area (Å²) in [6, 6.07) is 2.63. The minimum atomic E-state index is 0.421. The molecule has 2 heterocycles. The van der Waals surface area contributed by atoms with Gasteiger partial charge in [-0.2, -0.15) is 0 Å². The van der Waals surface area contributed by atoms with Crippen molar-refractivity contribution >= 4 is 11.3 Å². The van der Waals surface area contributed by atoms with E-state index in [-0.39, 0.29) is 0 Å². The average Bonchev–Trinajstić information content (AvgIpc) is 2.53. The highest BCUT2D eigenvalue weighted by molar-refractivity contribution is 7.10. The van der Waals surface area contributed by atoms with Gasteiger partial charge >= 0.3 is 0 Å². The van der Waals surface area contributed by atoms with Crippen LogP contribution < -0.4 is 5.32 Å². The van der Waals surface area contributed by atoms with Crippen LogP contribution in [0.5, 0.6) is 0 Å². The van der Waals surface area contributed by atoms with Crippen LogP contribution in [-0.2, 0) is 11.2 Å². The molecule has 12 heavy (non-hydrogen) atoms. The van der Waals surface area contributed by atoms with E-state index in [4.69, 9.17) is 4.74 Å². The summed E-state index contributed by atoms with van der Waals surface area (Å²) in [6.07, 6.45) is 1.17. The van der Waals surface area contributed by atoms with E-state index in [9.17, 15) is 0 Å². The van der Waals surface area contributed by atoms with Gasteiger partial charge in [-0.15, -0.1) is 11.3 Å². The molecule has 2 nitrogen and oxygen atoms in total. The Bertz CT molecular complexity index is 259. The summed E-state index contributed by atoms with van der Waals surface area (Å²) >= 11 is 1.86. The van der Waals surface area contributed by atoms with Crippen molar-refractivity contribution in [2.24, 2.45) is 0 Å². The van der Waals surface area contributed by atoms with Crippen LogP contribution in [0.25, 0.3) is 0 Å². The van der Waals surface area contributed by atoms with Crippen molar-refractivity contribution in [1.82, 2.24) is 5.32 Å². The minimum absolute atomic E-state index is 0.421. The molecule has 66 valence electrons. The Morgan fingerprint density at radius 2 is 2.67 bits per heavy atom. The molecule has 1 aromatic rings. The van der Waals surface area contributed by atoms with E-state index in [1.807, 2.05) is 11.3 Å². The maximum absolute atomic E-state index is 5.15. The summed E-state index contributed by atoms with van der Waals surface area (Å²) in [5.41, 5.74) is 1.44. The van der Waals surface area contributed by atoms with E-state index < -0.39 is 0 Å². The normalized spacial score (nSPS) is 22.2. The first-order valence-electron chi connectivity index (χ1n) is 4.20. The zero-order valence-corrected chi connectivity index (χ0v) is 7.99. The predicted molar refractivity (Wildman–Crippen MR) is 50.6 cm³/mol. The van der Waals surface area contributed by atoms with Crippen LogP contribution in [0.2, 0.25) is 0 Å². The lowest BCUT2D eigenvalue weighted by molar-refractivity contribution is 0.165. The molecule has 0 saturated heterocycles. The van der Waals surface area contributed by atoms with Crippen molar-refractivity contribution < 1.29 is 4.74 Å². The second-order valence-electron chi connectivity index (χ2n) is 3.01. The second-order valence-corrected chi connectivity index (χ2v) is 4.01. The SMILES string of the molecule is COC[C@@H]1NCCc2sccc21. The lowest BCUT2D eigenvalue weighted by Gasteiger charge is -2.23. The molecule has 0 amide bonds. The van der Waals surface area contributed by atoms with Crippen LogP contribution in [0.15, 0.2) is 11.4 Å². The second kappa shape index (κ2) is 3.56. The molecule has 1 N–H and O–H groups in total. The molecule has 3 heteroatoms. The summed E-state index contributed by atoms with van der Waals surface area (Å²) in [6.45, 7) is 1.87. The van der Waals surface area contributed by atoms with Gasteiger partial charge < -0.3 is 10.1 Å². The molecule has 1 aliphatic heterocycles. The summed E-state index contributed by atoms with van der Waals surface area (Å²) in [5.74, 6) is 0. The molecule has 0 radical (unpaired) electrons. The van der Waals surface area contributed by atoms with Crippen LogP contribution >= 0.6 is 11.3 Å². The molecule has 0 fully saturated rings. The van der Waals surface area contributed by atoms with Crippen LogP contribution in [-0.4, -0.2) is 20.3 Å². The Hall–Kier alpha value is -0.380. The van der Waals surface area contributed by atoms with Gasteiger partial charge in [0.05, 0.1) is 12.6 Å². The maximum Gasteiger partial charge on any atom is 0.0658 e. The number of nitrogens with one attached hydrogen (secondary N) is 1. The van der Waals surface area contributed by atoms with Crippen molar-refractivity contribution in [3.05, 3.63) is 21.9 Å². The van der Waals surface area contributed by atoms with Crippen LogP contribution in [0.4, 0.5) is 0 Å². The Kier molecular flexibility index (Phi) is 2.44. The molecular formula is C9H13NOS. The van der Waals surface area contributed by atoms with E-state index >= 15 is 0 Å². The van der Waals surface area contributed by atoms with Gasteiger partial charge in [-0.1, -0.05) is 0 Å². The number of hydrogen-bond acceptors (Lipinski definition) is 3. The molecule has 0 bridgehead atoms. The lowest BCUT2D eigenvalue weighted by atomic mass is 10.0. The number of methoxy groups -OCH3 is 1. The highest BCUT2D eigenvalue weighted by atomic mass is 32.1. The highest BCUT2D eigenvalue weighted by Crippen LogP contribution is 2.27. The van der Waals surface area contributed by atoms with E-state index in [0.29, 0.717) is 6.04 Å². The Labute approximate surface area is 76.6 Å².